The third kappa shape index (κ3) is 4.61. The zero-order chi connectivity index (χ0) is 20.5. The maximum Gasteiger partial charge on any atom is 0.303 e. The number of nitrogens with zero attached hydrogens (tertiary/aromatic N) is 2. The number of amidine groups is 1. The smallest absolute Gasteiger partial charge is 0.303 e. The summed E-state index contributed by atoms with van der Waals surface area (Å²) in [7, 11) is -3.17. The average Bonchev–Trinajstić information content (AvgIpc) is 3.05. The third-order valence-corrected chi connectivity index (χ3v) is 7.83. The lowest BCUT2D eigenvalue weighted by atomic mass is 10.1. The van der Waals surface area contributed by atoms with Crippen LogP contribution in [0.1, 0.15) is 36.5 Å². The van der Waals surface area contributed by atoms with Crippen molar-refractivity contribution in [3.05, 3.63) is 29.8 Å². The summed E-state index contributed by atoms with van der Waals surface area (Å²) in [6, 6.07) is 6.42. The monoisotopic (exact) mass is 424 g/mol. The fourth-order valence-corrected chi connectivity index (χ4v) is 7.21. The minimum atomic E-state index is -3.17. The van der Waals surface area contributed by atoms with Gasteiger partial charge in [0.1, 0.15) is 0 Å². The van der Waals surface area contributed by atoms with Crippen LogP contribution in [0.25, 0.3) is 0 Å². The van der Waals surface area contributed by atoms with Gasteiger partial charge >= 0.3 is 5.97 Å². The highest BCUT2D eigenvalue weighted by molar-refractivity contribution is 8.16. The first kappa shape index (κ1) is 20.5. The van der Waals surface area contributed by atoms with Gasteiger partial charge in [0, 0.05) is 29.3 Å². The van der Waals surface area contributed by atoms with Gasteiger partial charge in [-0.2, -0.15) is 4.99 Å². The number of carboxylic acid groups (broad SMARTS) is 1. The van der Waals surface area contributed by atoms with Gasteiger partial charge in [0.05, 0.1) is 17.5 Å². The van der Waals surface area contributed by atoms with Crippen molar-refractivity contribution < 1.29 is 27.9 Å². The molecule has 8 nitrogen and oxygen atoms in total. The topological polar surface area (TPSA) is 121 Å². The molecular weight excluding hydrogens is 404 g/mol. The molecule has 1 amide bonds. The number of aliphatic imine (C=N–C) groups is 1. The molecule has 0 aliphatic carbocycles. The lowest BCUT2D eigenvalue weighted by Gasteiger charge is -2.24. The van der Waals surface area contributed by atoms with Gasteiger partial charge in [-0.05, 0) is 37.6 Å². The largest absolute Gasteiger partial charge is 0.481 e. The van der Waals surface area contributed by atoms with Gasteiger partial charge < -0.3 is 10.0 Å². The molecule has 0 unspecified atom stereocenters. The van der Waals surface area contributed by atoms with Crippen molar-refractivity contribution in [2.24, 2.45) is 4.99 Å². The van der Waals surface area contributed by atoms with Gasteiger partial charge in [-0.3, -0.25) is 14.4 Å². The number of hydrogen-bond donors (Lipinski definition) is 1. The number of hydrogen-bond acceptors (Lipinski definition) is 6. The van der Waals surface area contributed by atoms with Crippen LogP contribution in [-0.4, -0.2) is 59.1 Å². The minimum Gasteiger partial charge on any atom is -0.481 e. The lowest BCUT2D eigenvalue weighted by Crippen LogP contribution is -2.37. The molecule has 2 saturated heterocycles. The number of aliphatic carboxylic acids is 1. The van der Waals surface area contributed by atoms with E-state index in [1.165, 1.54) is 18.7 Å². The van der Waals surface area contributed by atoms with Gasteiger partial charge in [-0.25, -0.2) is 8.42 Å². The Labute approximate surface area is 166 Å². The molecule has 0 spiro atoms. The minimum absolute atomic E-state index is 0.0150. The van der Waals surface area contributed by atoms with Gasteiger partial charge in [0.25, 0.3) is 0 Å². The SMILES string of the molecule is CC(=O)c1ccc(N2C(=NC(=O)CCCC(=O)O)S[C@@H]3CS(=O)(=O)C[C@H]32)cc1. The van der Waals surface area contributed by atoms with Crippen molar-refractivity contribution in [1.82, 2.24) is 0 Å². The van der Waals surface area contributed by atoms with E-state index in [4.69, 9.17) is 5.11 Å². The van der Waals surface area contributed by atoms with E-state index in [-0.39, 0.29) is 47.8 Å². The molecule has 0 bridgehead atoms. The molecule has 0 radical (unpaired) electrons. The predicted octanol–water partition coefficient (Wildman–Crippen LogP) is 1.75. The Kier molecular flexibility index (Phi) is 5.90. The zero-order valence-corrected chi connectivity index (χ0v) is 16.8. The summed E-state index contributed by atoms with van der Waals surface area (Å²) in [6.45, 7) is 1.46. The first-order valence-corrected chi connectivity index (χ1v) is 11.5. The van der Waals surface area contributed by atoms with Crippen molar-refractivity contribution >= 4 is 50.1 Å². The van der Waals surface area contributed by atoms with Crippen LogP contribution < -0.4 is 4.90 Å². The molecule has 28 heavy (non-hydrogen) atoms. The molecule has 1 aromatic rings. The Hall–Kier alpha value is -2.20. The highest BCUT2D eigenvalue weighted by Gasteiger charge is 2.49. The summed E-state index contributed by atoms with van der Waals surface area (Å²) in [5.74, 6) is -1.48. The van der Waals surface area contributed by atoms with Crippen LogP contribution in [0.15, 0.2) is 29.3 Å². The van der Waals surface area contributed by atoms with E-state index < -0.39 is 21.7 Å². The molecule has 1 N–H and O–H groups in total. The van der Waals surface area contributed by atoms with Crippen molar-refractivity contribution in [1.29, 1.82) is 0 Å². The Balaban J connectivity index is 1.86. The number of carboxylic acids is 1. The molecule has 1 aromatic carbocycles. The molecule has 2 aliphatic heterocycles. The van der Waals surface area contributed by atoms with Gasteiger partial charge in [0.15, 0.2) is 20.8 Å². The number of sulfone groups is 1. The van der Waals surface area contributed by atoms with Crippen molar-refractivity contribution in [2.45, 2.75) is 37.5 Å². The number of rotatable bonds is 6. The van der Waals surface area contributed by atoms with Crippen LogP contribution >= 0.6 is 11.8 Å². The molecule has 2 fully saturated rings. The maximum atomic E-state index is 12.2. The average molecular weight is 425 g/mol. The lowest BCUT2D eigenvalue weighted by molar-refractivity contribution is -0.137. The summed E-state index contributed by atoms with van der Waals surface area (Å²) in [6.07, 6.45) is 0.106. The summed E-state index contributed by atoms with van der Waals surface area (Å²) >= 11 is 1.26. The van der Waals surface area contributed by atoms with Crippen molar-refractivity contribution in [2.75, 3.05) is 16.4 Å². The van der Waals surface area contributed by atoms with E-state index in [9.17, 15) is 22.8 Å². The normalized spacial score (nSPS) is 24.3. The standard InChI is InChI=1S/C18H20N2O6S2/c1-11(21)12-5-7-13(8-6-12)20-14-9-28(25,26)10-15(14)27-18(20)19-16(22)3-2-4-17(23)24/h5-8,14-15H,2-4,9-10H2,1H3,(H,23,24)/t14-,15-/m1/s1. The number of amides is 1. The summed E-state index contributed by atoms with van der Waals surface area (Å²) in [5.41, 5.74) is 1.20. The second-order valence-electron chi connectivity index (χ2n) is 6.81. The number of thioether (sulfide) groups is 1. The second-order valence-corrected chi connectivity index (χ2v) is 10.2. The van der Waals surface area contributed by atoms with Crippen LogP contribution in [0.3, 0.4) is 0 Å². The van der Waals surface area contributed by atoms with E-state index in [0.29, 0.717) is 16.4 Å². The van der Waals surface area contributed by atoms with E-state index >= 15 is 0 Å². The van der Waals surface area contributed by atoms with E-state index in [1.807, 2.05) is 0 Å². The first-order chi connectivity index (χ1) is 13.2. The summed E-state index contributed by atoms with van der Waals surface area (Å²) in [4.78, 5) is 40.1. The molecule has 10 heteroatoms. The predicted molar refractivity (Wildman–Crippen MR) is 107 cm³/mol. The highest BCUT2D eigenvalue weighted by Crippen LogP contribution is 2.41. The van der Waals surface area contributed by atoms with Crippen LogP contribution in [-0.2, 0) is 19.4 Å². The van der Waals surface area contributed by atoms with Gasteiger partial charge in [0.2, 0.25) is 5.91 Å². The number of anilines is 1. The molecule has 2 heterocycles. The highest BCUT2D eigenvalue weighted by atomic mass is 32.2. The van der Waals surface area contributed by atoms with E-state index in [1.54, 1.807) is 29.2 Å². The Morgan fingerprint density at radius 1 is 1.18 bits per heavy atom. The number of Topliss-reactive ketones (excluding diaryl/α,β-unsaturated/α-hetero) is 1. The zero-order valence-electron chi connectivity index (χ0n) is 15.2. The molecule has 2 atom stereocenters. The second kappa shape index (κ2) is 8.04. The quantitative estimate of drug-likeness (QED) is 0.686. The number of ketones is 1. The van der Waals surface area contributed by atoms with Gasteiger partial charge in [-0.15, -0.1) is 0 Å². The number of benzene rings is 1. The first-order valence-electron chi connectivity index (χ1n) is 8.77. The van der Waals surface area contributed by atoms with Crippen LogP contribution in [0, 0.1) is 0 Å². The Bertz CT molecular complexity index is 939. The molecule has 0 saturated carbocycles. The van der Waals surface area contributed by atoms with E-state index in [0.717, 1.165) is 0 Å². The number of fused-ring (bicyclic) bond motifs is 1. The van der Waals surface area contributed by atoms with Crippen molar-refractivity contribution in [3.8, 4) is 0 Å². The van der Waals surface area contributed by atoms with Crippen LogP contribution in [0.4, 0.5) is 5.69 Å². The third-order valence-electron chi connectivity index (χ3n) is 4.62. The number of carbonyl (C=O) groups excluding carboxylic acids is 2. The van der Waals surface area contributed by atoms with Crippen LogP contribution in [0.2, 0.25) is 0 Å². The van der Waals surface area contributed by atoms with E-state index in [2.05, 4.69) is 4.99 Å². The van der Waals surface area contributed by atoms with Crippen LogP contribution in [0.5, 0.6) is 0 Å². The Morgan fingerprint density at radius 3 is 2.46 bits per heavy atom. The maximum absolute atomic E-state index is 12.2. The summed E-state index contributed by atoms with van der Waals surface area (Å²) in [5, 5.41) is 8.88. The summed E-state index contributed by atoms with van der Waals surface area (Å²) < 4.78 is 24.1. The fourth-order valence-electron chi connectivity index (χ4n) is 3.28. The van der Waals surface area contributed by atoms with Crippen molar-refractivity contribution in [3.63, 3.8) is 0 Å². The fraction of sp³-hybridized carbons (Fsp3) is 0.444. The molecule has 3 rings (SSSR count). The molecule has 2 aliphatic rings. The number of carbonyl (C=O) groups is 3. The molecule has 150 valence electrons. The Morgan fingerprint density at radius 2 is 1.86 bits per heavy atom. The van der Waals surface area contributed by atoms with Gasteiger partial charge in [-0.1, -0.05) is 11.8 Å². The molecule has 0 aromatic heterocycles. The molecular formula is C18H20N2O6S2.